The zero-order chi connectivity index (χ0) is 24.8. The molecule has 3 aromatic carbocycles. The molecule has 5 rings (SSSR count). The van der Waals surface area contributed by atoms with Crippen LogP contribution < -0.4 is 14.3 Å². The van der Waals surface area contributed by atoms with Gasteiger partial charge in [0.2, 0.25) is 5.34 Å². The predicted octanol–water partition coefficient (Wildman–Crippen LogP) is 5.31. The Morgan fingerprint density at radius 1 is 1.06 bits per heavy atom. The zero-order valence-corrected chi connectivity index (χ0v) is 20.8. The number of hydrazone groups is 1. The summed E-state index contributed by atoms with van der Waals surface area (Å²) in [4.78, 5) is 10.7. The number of hydrogen-bond acceptors (Lipinski definition) is 8. The molecule has 35 heavy (non-hydrogen) atoms. The first-order valence-corrected chi connectivity index (χ1v) is 11.9. The van der Waals surface area contributed by atoms with E-state index in [1.165, 1.54) is 12.1 Å². The molecule has 2 aliphatic heterocycles. The van der Waals surface area contributed by atoms with Gasteiger partial charge in [-0.15, -0.1) is 0 Å². The Morgan fingerprint density at radius 3 is 2.43 bits per heavy atom. The SMILES string of the molecule is COc1ccc(C2(OC)Oc3ccccc3C3=NN(c4ccc([N+](=O)[O-])cc4Cl)PC32OC)cc1. The molecule has 0 saturated heterocycles. The van der Waals surface area contributed by atoms with Crippen LogP contribution in [0, 0.1) is 10.1 Å². The molecule has 0 saturated carbocycles. The molecule has 3 aromatic rings. The first-order valence-electron chi connectivity index (χ1n) is 10.5. The second-order valence-corrected chi connectivity index (χ2v) is 9.56. The summed E-state index contributed by atoms with van der Waals surface area (Å²) in [6.07, 6.45) is 0. The molecule has 9 nitrogen and oxygen atoms in total. The van der Waals surface area contributed by atoms with Crippen molar-refractivity contribution in [2.24, 2.45) is 5.10 Å². The van der Waals surface area contributed by atoms with E-state index in [4.69, 9.17) is 35.6 Å². The Labute approximate surface area is 208 Å². The van der Waals surface area contributed by atoms with Crippen LogP contribution in [0.15, 0.2) is 71.8 Å². The molecule has 0 aliphatic carbocycles. The van der Waals surface area contributed by atoms with Gasteiger partial charge < -0.3 is 18.9 Å². The van der Waals surface area contributed by atoms with Crippen LogP contribution in [0.1, 0.15) is 11.1 Å². The molecule has 180 valence electrons. The monoisotopic (exact) mass is 513 g/mol. The Morgan fingerprint density at radius 2 is 1.80 bits per heavy atom. The van der Waals surface area contributed by atoms with Crippen LogP contribution in [0.3, 0.4) is 0 Å². The van der Waals surface area contributed by atoms with Crippen LogP contribution in [-0.2, 0) is 15.3 Å². The number of non-ortho nitro benzene ring substituents is 1. The molecule has 11 heteroatoms. The summed E-state index contributed by atoms with van der Waals surface area (Å²) in [6, 6.07) is 19.2. The van der Waals surface area contributed by atoms with Gasteiger partial charge in [-0.1, -0.05) is 23.7 Å². The van der Waals surface area contributed by atoms with E-state index in [1.54, 1.807) is 32.2 Å². The zero-order valence-electron chi connectivity index (χ0n) is 19.0. The molecular weight excluding hydrogens is 493 g/mol. The minimum absolute atomic E-state index is 0.106. The quantitative estimate of drug-likeness (QED) is 0.250. The van der Waals surface area contributed by atoms with Gasteiger partial charge in [0, 0.05) is 37.5 Å². The Kier molecular flexibility index (Phi) is 5.89. The van der Waals surface area contributed by atoms with Gasteiger partial charge >= 0.3 is 0 Å². The standard InChI is InChI=1S/C24H21ClN3O6P/c1-31-17-11-8-15(9-12-17)23(32-2)24(33-3)22(18-6-4-5-7-21(18)34-23)26-27(35-24)20-13-10-16(28(29)30)14-19(20)25/h4-14,35H,1-3H3. The predicted molar refractivity (Wildman–Crippen MR) is 134 cm³/mol. The number of nitro groups is 1. The van der Waals surface area contributed by atoms with Gasteiger partial charge in [-0.2, -0.15) is 5.10 Å². The van der Waals surface area contributed by atoms with Crippen molar-refractivity contribution in [3.05, 3.63) is 93.0 Å². The molecule has 3 unspecified atom stereocenters. The van der Waals surface area contributed by atoms with Crippen LogP contribution in [-0.4, -0.2) is 37.3 Å². The topological polar surface area (TPSA) is 95.7 Å². The second kappa shape index (κ2) is 8.77. The largest absolute Gasteiger partial charge is 0.497 e. The smallest absolute Gasteiger partial charge is 0.278 e. The molecule has 0 radical (unpaired) electrons. The molecule has 0 amide bonds. The number of para-hydroxylation sites is 1. The average Bonchev–Trinajstić information content (AvgIpc) is 3.29. The number of nitrogens with zero attached hydrogens (tertiary/aromatic N) is 3. The lowest BCUT2D eigenvalue weighted by Gasteiger charge is -2.49. The first-order chi connectivity index (χ1) is 16.9. The number of methoxy groups -OCH3 is 3. The van der Waals surface area contributed by atoms with E-state index in [0.717, 1.165) is 5.56 Å². The fraction of sp³-hybridized carbons (Fsp3) is 0.208. The molecule has 0 bridgehead atoms. The Bertz CT molecular complexity index is 1340. The lowest BCUT2D eigenvalue weighted by Crippen LogP contribution is -2.61. The summed E-state index contributed by atoms with van der Waals surface area (Å²) in [6.45, 7) is 0. The summed E-state index contributed by atoms with van der Waals surface area (Å²) in [5.74, 6) is -0.135. The summed E-state index contributed by atoms with van der Waals surface area (Å²) >= 11 is 6.47. The van der Waals surface area contributed by atoms with Gasteiger partial charge in [0.15, 0.2) is 0 Å². The maximum atomic E-state index is 11.2. The fourth-order valence-corrected chi connectivity index (χ4v) is 6.31. The van der Waals surface area contributed by atoms with Gasteiger partial charge in [-0.25, -0.2) is 4.78 Å². The molecule has 0 spiro atoms. The lowest BCUT2D eigenvalue weighted by atomic mass is 9.88. The molecule has 3 atom stereocenters. The minimum atomic E-state index is -1.40. The van der Waals surface area contributed by atoms with Crippen molar-refractivity contribution in [1.29, 1.82) is 0 Å². The Hall–Kier alpha value is -3.23. The molecule has 0 aromatic heterocycles. The average molecular weight is 514 g/mol. The van der Waals surface area contributed by atoms with Crippen molar-refractivity contribution in [3.8, 4) is 11.5 Å². The number of ether oxygens (including phenoxy) is 4. The van der Waals surface area contributed by atoms with Crippen molar-refractivity contribution >= 4 is 37.4 Å². The maximum absolute atomic E-state index is 11.2. The van der Waals surface area contributed by atoms with E-state index in [0.29, 0.717) is 28.5 Å². The number of anilines is 1. The maximum Gasteiger partial charge on any atom is 0.278 e. The highest BCUT2D eigenvalue weighted by molar-refractivity contribution is 7.44. The van der Waals surface area contributed by atoms with Gasteiger partial charge in [-0.05, 0) is 42.5 Å². The van der Waals surface area contributed by atoms with Crippen molar-refractivity contribution in [2.45, 2.75) is 11.1 Å². The lowest BCUT2D eigenvalue weighted by molar-refractivity contribution is -0.384. The van der Waals surface area contributed by atoms with Crippen molar-refractivity contribution in [1.82, 2.24) is 0 Å². The van der Waals surface area contributed by atoms with E-state index in [2.05, 4.69) is 0 Å². The van der Waals surface area contributed by atoms with Crippen LogP contribution in [0.25, 0.3) is 0 Å². The van der Waals surface area contributed by atoms with E-state index in [1.807, 2.05) is 48.5 Å². The third-order valence-electron chi connectivity index (χ3n) is 6.09. The second-order valence-electron chi connectivity index (χ2n) is 7.80. The summed E-state index contributed by atoms with van der Waals surface area (Å²) < 4.78 is 26.0. The number of hydrogen-bond donors (Lipinski definition) is 0. The number of fused-ring (bicyclic) bond motifs is 3. The fourth-order valence-electron chi connectivity index (χ4n) is 4.40. The van der Waals surface area contributed by atoms with Crippen LogP contribution in [0.5, 0.6) is 11.5 Å². The van der Waals surface area contributed by atoms with E-state index in [-0.39, 0.29) is 19.4 Å². The highest BCUT2D eigenvalue weighted by Crippen LogP contribution is 2.61. The van der Waals surface area contributed by atoms with Gasteiger partial charge in [-0.3, -0.25) is 10.1 Å². The van der Waals surface area contributed by atoms with Crippen LogP contribution in [0.4, 0.5) is 11.4 Å². The third kappa shape index (κ3) is 3.46. The normalized spacial score (nSPS) is 23.3. The molecule has 0 fully saturated rings. The van der Waals surface area contributed by atoms with Crippen molar-refractivity contribution in [3.63, 3.8) is 0 Å². The molecule has 2 aliphatic rings. The number of benzene rings is 3. The molecule has 2 heterocycles. The summed E-state index contributed by atoms with van der Waals surface area (Å²) in [5, 5.41) is 15.1. The third-order valence-corrected chi connectivity index (χ3v) is 8.03. The Balaban J connectivity index is 1.71. The minimum Gasteiger partial charge on any atom is -0.497 e. The van der Waals surface area contributed by atoms with Crippen LogP contribution >= 0.6 is 20.3 Å². The van der Waals surface area contributed by atoms with Crippen molar-refractivity contribution < 1.29 is 23.9 Å². The van der Waals surface area contributed by atoms with E-state index >= 15 is 0 Å². The highest BCUT2D eigenvalue weighted by Gasteiger charge is 2.67. The number of halogens is 1. The van der Waals surface area contributed by atoms with Gasteiger partial charge in [0.25, 0.3) is 11.5 Å². The van der Waals surface area contributed by atoms with E-state index in [9.17, 15) is 10.1 Å². The summed E-state index contributed by atoms with van der Waals surface area (Å²) in [5.41, 5.74) is 2.46. The summed E-state index contributed by atoms with van der Waals surface area (Å²) in [7, 11) is 4.57. The van der Waals surface area contributed by atoms with Crippen molar-refractivity contribution in [2.75, 3.05) is 26.1 Å². The number of rotatable bonds is 6. The first kappa shape index (κ1) is 23.5. The van der Waals surface area contributed by atoms with Crippen LogP contribution in [0.2, 0.25) is 5.02 Å². The molecular formula is C24H21ClN3O6P. The molecule has 0 N–H and O–H groups in total. The highest BCUT2D eigenvalue weighted by atomic mass is 35.5. The van der Waals surface area contributed by atoms with E-state index < -0.39 is 16.1 Å². The van der Waals surface area contributed by atoms with Gasteiger partial charge in [0.05, 0.1) is 31.5 Å². The van der Waals surface area contributed by atoms with Gasteiger partial charge in [0.1, 0.15) is 17.2 Å². The number of nitro benzene ring substituents is 1.